The number of hydrogen-bond acceptors (Lipinski definition) is 25. The van der Waals surface area contributed by atoms with Crippen LogP contribution in [0.1, 0.15) is 108 Å². The molecule has 4 fully saturated rings. The van der Waals surface area contributed by atoms with Crippen LogP contribution >= 0.6 is 15.9 Å². The third-order valence-corrected chi connectivity index (χ3v) is 21.2. The maximum atomic E-state index is 17.9. The van der Waals surface area contributed by atoms with E-state index in [1.54, 1.807) is 20.1 Å². The van der Waals surface area contributed by atoms with Gasteiger partial charge >= 0.3 is 0 Å². The summed E-state index contributed by atoms with van der Waals surface area (Å²) in [6.07, 6.45) is 4.07. The van der Waals surface area contributed by atoms with Crippen molar-refractivity contribution < 1.29 is 124 Å². The molecular weight excluding hydrogens is 1520 g/mol. The van der Waals surface area contributed by atoms with Gasteiger partial charge in [0.15, 0.2) is 29.1 Å². The molecule has 5 aliphatic rings. The van der Waals surface area contributed by atoms with Crippen LogP contribution in [-0.4, -0.2) is 290 Å². The number of rotatable bonds is 60. The van der Waals surface area contributed by atoms with Crippen LogP contribution < -0.4 is 26.6 Å². The molecule has 1 saturated heterocycles. The van der Waals surface area contributed by atoms with Crippen LogP contribution in [0.5, 0.6) is 0 Å². The van der Waals surface area contributed by atoms with Gasteiger partial charge in [-0.15, -0.1) is 0 Å². The fraction of sp³-hybridized carbons (Fsp3) is 0.709. The number of benzene rings is 2. The second-order valence-electron chi connectivity index (χ2n) is 28.3. The predicted molar refractivity (Wildman–Crippen MR) is 405 cm³/mol. The maximum Gasteiger partial charge on any atom is 0.244 e. The first kappa shape index (κ1) is 92.5. The number of aliphatic hydroxyl groups is 2. The summed E-state index contributed by atoms with van der Waals surface area (Å²) in [5.41, 5.74) is -1.98. The fourth-order valence-electron chi connectivity index (χ4n) is 14.9. The van der Waals surface area contributed by atoms with Gasteiger partial charge in [-0.1, -0.05) is 83.0 Å². The molecule has 30 nitrogen and oxygen atoms in total. The highest BCUT2D eigenvalue weighted by Gasteiger charge is 2.79. The molecule has 2 aromatic carbocycles. The minimum absolute atomic E-state index is 0.0517. The molecule has 7 rings (SSSR count). The Balaban J connectivity index is 0.648. The summed E-state index contributed by atoms with van der Waals surface area (Å²) in [5.74, 6) is -4.26. The van der Waals surface area contributed by atoms with Crippen LogP contribution in [0.2, 0.25) is 0 Å². The highest BCUT2D eigenvalue weighted by Crippen LogP contribution is 2.72. The average molecular weight is 1640 g/mol. The summed E-state index contributed by atoms with van der Waals surface area (Å²) in [4.78, 5) is 90.8. The zero-order valence-corrected chi connectivity index (χ0v) is 66.7. The van der Waals surface area contributed by atoms with E-state index in [1.807, 2.05) is 55.5 Å². The van der Waals surface area contributed by atoms with E-state index in [0.717, 1.165) is 16.7 Å². The normalized spacial score (nSPS) is 23.8. The van der Waals surface area contributed by atoms with Gasteiger partial charge in [0, 0.05) is 42.4 Å². The van der Waals surface area contributed by atoms with Crippen molar-refractivity contribution in [2.75, 3.05) is 197 Å². The number of nitrogens with one attached hydrogen (secondary N) is 5. The largest absolute Gasteiger partial charge is 0.390 e. The minimum atomic E-state index is -2.11. The molecule has 0 radical (unpaired) electrons. The number of unbranched alkanes of at least 4 members (excludes halogenated alkanes) is 1. The Morgan fingerprint density at radius 3 is 1.66 bits per heavy atom. The third kappa shape index (κ3) is 28.3. The lowest BCUT2D eigenvalue weighted by Crippen LogP contribution is -2.69. The average Bonchev–Trinajstić information content (AvgIpc) is 1.54. The maximum absolute atomic E-state index is 17.9. The number of Topliss-reactive ketones (excluding diaryl/α,β-unsaturated/α-hetero) is 1. The molecule has 111 heavy (non-hydrogen) atoms. The molecule has 7 N–H and O–H groups in total. The van der Waals surface area contributed by atoms with E-state index in [-0.39, 0.29) is 56.2 Å². The van der Waals surface area contributed by atoms with E-state index in [4.69, 9.17) is 75.8 Å². The molecule has 1 heterocycles. The number of carbonyl (C=O) groups excluding carboxylic acids is 7. The van der Waals surface area contributed by atoms with Crippen LogP contribution in [0.4, 0.5) is 4.39 Å². The molecule has 3 saturated carbocycles. The number of hydrogen-bond donors (Lipinski definition) is 7. The smallest absolute Gasteiger partial charge is 0.244 e. The van der Waals surface area contributed by atoms with Crippen molar-refractivity contribution in [3.05, 3.63) is 94.6 Å². The quantitative estimate of drug-likeness (QED) is 0.0280. The van der Waals surface area contributed by atoms with Crippen LogP contribution in [0.3, 0.4) is 0 Å². The Bertz CT molecular complexity index is 3220. The molecule has 4 aliphatic carbocycles. The molecule has 1 aliphatic heterocycles. The van der Waals surface area contributed by atoms with E-state index >= 15 is 4.39 Å². The lowest BCUT2D eigenvalue weighted by Gasteiger charge is -2.62. The molecule has 0 spiro atoms. The Kier molecular flexibility index (Phi) is 41.6. The predicted octanol–water partition coefficient (Wildman–Crippen LogP) is 3.97. The van der Waals surface area contributed by atoms with Crippen molar-refractivity contribution in [1.29, 1.82) is 0 Å². The van der Waals surface area contributed by atoms with Gasteiger partial charge in [0.1, 0.15) is 31.5 Å². The number of halogens is 2. The number of fused-ring (bicyclic) bond motifs is 7. The van der Waals surface area contributed by atoms with Gasteiger partial charge in [-0.3, -0.25) is 33.6 Å². The summed E-state index contributed by atoms with van der Waals surface area (Å²) in [5, 5.41) is 35.7. The van der Waals surface area contributed by atoms with Gasteiger partial charge in [0.25, 0.3) is 0 Å². The second-order valence-corrected chi connectivity index (χ2v) is 28.9. The molecular formula is C79H119BrFN5O25. The molecule has 2 aromatic rings. The molecule has 5 amide bonds. The Labute approximate surface area is 659 Å². The van der Waals surface area contributed by atoms with E-state index in [2.05, 4.69) is 42.5 Å². The van der Waals surface area contributed by atoms with Crippen molar-refractivity contribution >= 4 is 57.0 Å². The molecule has 624 valence electrons. The minimum Gasteiger partial charge on any atom is -0.390 e. The van der Waals surface area contributed by atoms with E-state index in [1.165, 1.54) is 26.0 Å². The van der Waals surface area contributed by atoms with Crippen molar-refractivity contribution in [2.45, 2.75) is 140 Å². The number of methoxy groups -OCH3 is 1. The van der Waals surface area contributed by atoms with Crippen molar-refractivity contribution in [1.82, 2.24) is 26.6 Å². The SMILES string of the molecule is COCCOCCOCCOCCOCCOCCOCCOCCOCCOCCOCCOCCOCCC(=O)NCCCC[C@H](NC(=O)CBr)C(=O)N[C@@H](C)C(=O)N[C@@H](C)C(=O)NCOCc1ccc(Cc2cccc([C@@H]3O[C@@H]4C[C@H]5[C@@H]6CCC7=CC(=O)C=C[C@]7(C)[C@@]6(F)[C@@H](O)C[C@]5(C)[C@]4(C(=O)CO)O3)c2)cc1. The monoisotopic (exact) mass is 1640 g/mol. The van der Waals surface area contributed by atoms with Crippen molar-refractivity contribution in [3.8, 4) is 0 Å². The van der Waals surface area contributed by atoms with Crippen LogP contribution in [0, 0.1) is 22.7 Å². The van der Waals surface area contributed by atoms with Gasteiger partial charge in [-0.25, -0.2) is 4.39 Å². The number of aliphatic hydroxyl groups excluding tert-OH is 2. The second kappa shape index (κ2) is 49.9. The lowest BCUT2D eigenvalue weighted by molar-refractivity contribution is -0.231. The molecule has 12 atom stereocenters. The van der Waals surface area contributed by atoms with Gasteiger partial charge in [0.05, 0.1) is 189 Å². The number of ether oxygens (including phenoxy) is 16. The zero-order valence-electron chi connectivity index (χ0n) is 65.1. The molecule has 0 aromatic heterocycles. The van der Waals surface area contributed by atoms with Gasteiger partial charge in [-0.05, 0) is 107 Å². The highest BCUT2D eigenvalue weighted by atomic mass is 79.9. The summed E-state index contributed by atoms with van der Waals surface area (Å²) in [6.45, 7) is 17.2. The number of alkyl halides is 2. The molecule has 0 unspecified atom stereocenters. The Morgan fingerprint density at radius 2 is 1.13 bits per heavy atom. The van der Waals surface area contributed by atoms with E-state index in [0.29, 0.717) is 215 Å². The first-order valence-electron chi connectivity index (χ1n) is 38.7. The zero-order chi connectivity index (χ0) is 79.8. The topological polar surface area (TPSA) is 368 Å². The van der Waals surface area contributed by atoms with Crippen molar-refractivity contribution in [2.24, 2.45) is 22.7 Å². The number of allylic oxidation sites excluding steroid dienone is 4. The first-order valence-corrected chi connectivity index (χ1v) is 39.8. The summed E-state index contributed by atoms with van der Waals surface area (Å²) in [7, 11) is 1.63. The number of amides is 5. The van der Waals surface area contributed by atoms with Crippen LogP contribution in [0.25, 0.3) is 0 Å². The summed E-state index contributed by atoms with van der Waals surface area (Å²) >= 11 is 3.11. The van der Waals surface area contributed by atoms with E-state index < -0.39 is 107 Å². The van der Waals surface area contributed by atoms with Crippen molar-refractivity contribution in [3.63, 3.8) is 0 Å². The van der Waals surface area contributed by atoms with E-state index in [9.17, 15) is 43.8 Å². The third-order valence-electron chi connectivity index (χ3n) is 20.7. The lowest BCUT2D eigenvalue weighted by atomic mass is 9.44. The summed E-state index contributed by atoms with van der Waals surface area (Å²) in [6, 6.07) is 12.3. The molecule has 32 heteroatoms. The van der Waals surface area contributed by atoms with Crippen LogP contribution in [-0.2, 0) is 122 Å². The Hall–Kier alpha value is -5.70. The number of ketones is 2. The summed E-state index contributed by atoms with van der Waals surface area (Å²) < 4.78 is 108. The highest BCUT2D eigenvalue weighted by molar-refractivity contribution is 9.09. The number of carbonyl (C=O) groups is 7. The van der Waals surface area contributed by atoms with Gasteiger partial charge in [-0.2, -0.15) is 0 Å². The van der Waals surface area contributed by atoms with Crippen LogP contribution in [0.15, 0.2) is 72.3 Å². The molecule has 0 bridgehead atoms. The van der Waals surface area contributed by atoms with Gasteiger partial charge < -0.3 is 113 Å². The fourth-order valence-corrected chi connectivity index (χ4v) is 15.1. The first-order chi connectivity index (χ1) is 53.7. The Morgan fingerprint density at radius 1 is 0.613 bits per heavy atom. The standard InChI is InChI=1S/C79H119BrFN5O25/c1-56(72(93)83-55-109-54-59-14-12-58(13-15-59)47-60-9-8-10-61(48-60)75-110-69-50-65-64-17-16-62-49-63(88)18-20-76(62,3)78(64,81)67(89)51-77(65,4)79(69,111-75)68(90)53-87)84-73(94)57(2)85-74(95)66(86-71(92)52-80)11-6-7-21-82-70(91)19-22-97-25-26-99-29-30-101-33-34-103-37-38-105-41-42-107-45-46-108-44-43-106-40-39-104-36-35-102-32-31-100-28-27-98-24-23-96-5/h8-10,12-15,18,20,48-49,56-57,64-67,69,75,87,89H,6-7,11,16-17,19,21-47,50-55H2,1-5H3,(H,82,91)(H,83,93)(H,84,94)(H,85,95)(H,86,92)/t56-,57-,64-,65-,66-,67-,69+,75+,76-,77-,78-,79+/m0/s1. The van der Waals surface area contributed by atoms with Gasteiger partial charge in [0.2, 0.25) is 29.5 Å².